The number of nitrogens with zero attached hydrogens (tertiary/aromatic N) is 2. The van der Waals surface area contributed by atoms with E-state index in [0.717, 1.165) is 58.2 Å². The van der Waals surface area contributed by atoms with Crippen molar-refractivity contribution in [3.63, 3.8) is 0 Å². The standard InChI is InChI=1S/C14H22N2O2/c1-2-18-12-5-9-16(10-6-12)13(17)14(11-15)7-3-4-8-14/h12H,2-10H2,1H3. The molecule has 2 rings (SSSR count). The van der Waals surface area contributed by atoms with Gasteiger partial charge in [0, 0.05) is 19.7 Å². The molecule has 0 aromatic carbocycles. The molecule has 2 aliphatic rings. The van der Waals surface area contributed by atoms with Crippen molar-refractivity contribution in [2.45, 2.75) is 51.6 Å². The Bertz CT molecular complexity index is 334. The van der Waals surface area contributed by atoms with E-state index in [1.165, 1.54) is 0 Å². The van der Waals surface area contributed by atoms with Crippen molar-refractivity contribution in [3.8, 4) is 6.07 Å². The summed E-state index contributed by atoms with van der Waals surface area (Å²) >= 11 is 0. The molecule has 1 saturated heterocycles. The average molecular weight is 250 g/mol. The normalized spacial score (nSPS) is 23.9. The van der Waals surface area contributed by atoms with Gasteiger partial charge < -0.3 is 9.64 Å². The molecule has 0 spiro atoms. The fourth-order valence-electron chi connectivity index (χ4n) is 3.12. The van der Waals surface area contributed by atoms with Crippen LogP contribution in [0.5, 0.6) is 0 Å². The van der Waals surface area contributed by atoms with Crippen LogP contribution in [0.2, 0.25) is 0 Å². The Hall–Kier alpha value is -1.08. The Morgan fingerprint density at radius 3 is 2.50 bits per heavy atom. The summed E-state index contributed by atoms with van der Waals surface area (Å²) in [5, 5.41) is 9.33. The van der Waals surface area contributed by atoms with Gasteiger partial charge in [-0.25, -0.2) is 0 Å². The third kappa shape index (κ3) is 2.51. The summed E-state index contributed by atoms with van der Waals surface area (Å²) in [5.74, 6) is 0.0671. The number of nitriles is 1. The first-order chi connectivity index (χ1) is 8.72. The fourth-order valence-corrected chi connectivity index (χ4v) is 3.12. The largest absolute Gasteiger partial charge is 0.378 e. The van der Waals surface area contributed by atoms with Crippen LogP contribution in [0.3, 0.4) is 0 Å². The molecule has 0 unspecified atom stereocenters. The molecule has 0 aromatic rings. The van der Waals surface area contributed by atoms with Gasteiger partial charge in [-0.1, -0.05) is 12.8 Å². The molecule has 1 amide bonds. The van der Waals surface area contributed by atoms with Crippen LogP contribution in [0, 0.1) is 16.7 Å². The molecular weight excluding hydrogens is 228 g/mol. The van der Waals surface area contributed by atoms with Crippen molar-refractivity contribution < 1.29 is 9.53 Å². The lowest BCUT2D eigenvalue weighted by Crippen LogP contribution is -2.47. The van der Waals surface area contributed by atoms with E-state index in [4.69, 9.17) is 4.74 Å². The van der Waals surface area contributed by atoms with Gasteiger partial charge in [0.05, 0.1) is 12.2 Å². The maximum absolute atomic E-state index is 12.5. The fraction of sp³-hybridized carbons (Fsp3) is 0.857. The zero-order valence-electron chi connectivity index (χ0n) is 11.2. The first kappa shape index (κ1) is 13.4. The van der Waals surface area contributed by atoms with Crippen molar-refractivity contribution in [1.29, 1.82) is 5.26 Å². The predicted molar refractivity (Wildman–Crippen MR) is 67.7 cm³/mol. The SMILES string of the molecule is CCOC1CCN(C(=O)C2(C#N)CCCC2)CC1. The number of rotatable bonds is 3. The maximum atomic E-state index is 12.5. The number of carbonyl (C=O) groups excluding carboxylic acids is 1. The molecule has 1 heterocycles. The molecule has 4 nitrogen and oxygen atoms in total. The van der Waals surface area contributed by atoms with Gasteiger partial charge in [0.25, 0.3) is 0 Å². The lowest BCUT2D eigenvalue weighted by molar-refractivity contribution is -0.141. The monoisotopic (exact) mass is 250 g/mol. The van der Waals surface area contributed by atoms with Crippen molar-refractivity contribution in [2.75, 3.05) is 19.7 Å². The molecule has 4 heteroatoms. The molecule has 0 aromatic heterocycles. The number of piperidine rings is 1. The van der Waals surface area contributed by atoms with Gasteiger partial charge in [0.15, 0.2) is 0 Å². The molecule has 2 fully saturated rings. The highest BCUT2D eigenvalue weighted by molar-refractivity contribution is 5.85. The highest BCUT2D eigenvalue weighted by Gasteiger charge is 2.44. The van der Waals surface area contributed by atoms with Crippen LogP contribution in [0.1, 0.15) is 45.4 Å². The molecule has 0 N–H and O–H groups in total. The van der Waals surface area contributed by atoms with E-state index in [1.807, 2.05) is 11.8 Å². The van der Waals surface area contributed by atoms with Gasteiger partial charge in [0.2, 0.25) is 5.91 Å². The van der Waals surface area contributed by atoms with E-state index < -0.39 is 5.41 Å². The van der Waals surface area contributed by atoms with Gasteiger partial charge in [0.1, 0.15) is 5.41 Å². The summed E-state index contributed by atoms with van der Waals surface area (Å²) in [6.45, 7) is 4.22. The van der Waals surface area contributed by atoms with Crippen LogP contribution in [-0.4, -0.2) is 36.6 Å². The number of amides is 1. The highest BCUT2D eigenvalue weighted by Crippen LogP contribution is 2.39. The van der Waals surface area contributed by atoms with Gasteiger partial charge in [-0.05, 0) is 32.6 Å². The smallest absolute Gasteiger partial charge is 0.243 e. The Morgan fingerprint density at radius 2 is 2.00 bits per heavy atom. The topological polar surface area (TPSA) is 53.3 Å². The maximum Gasteiger partial charge on any atom is 0.243 e. The van der Waals surface area contributed by atoms with Gasteiger partial charge in [-0.2, -0.15) is 5.26 Å². The predicted octanol–water partition coefficient (Wildman–Crippen LogP) is 2.10. The van der Waals surface area contributed by atoms with Crippen LogP contribution in [0.15, 0.2) is 0 Å². The minimum Gasteiger partial charge on any atom is -0.378 e. The summed E-state index contributed by atoms with van der Waals surface area (Å²) in [6, 6.07) is 2.29. The molecule has 1 aliphatic carbocycles. The molecule has 0 radical (unpaired) electrons. The number of hydrogen-bond donors (Lipinski definition) is 0. The molecule has 1 aliphatic heterocycles. The third-order valence-electron chi connectivity index (χ3n) is 4.21. The summed E-state index contributed by atoms with van der Waals surface area (Å²) in [6.07, 6.45) is 5.60. The second-order valence-corrected chi connectivity index (χ2v) is 5.35. The van der Waals surface area contributed by atoms with Gasteiger partial charge >= 0.3 is 0 Å². The zero-order chi connectivity index (χ0) is 13.0. The van der Waals surface area contributed by atoms with Crippen LogP contribution in [0.25, 0.3) is 0 Å². The number of likely N-dealkylation sites (tertiary alicyclic amines) is 1. The van der Waals surface area contributed by atoms with Gasteiger partial charge in [-0.3, -0.25) is 4.79 Å². The van der Waals surface area contributed by atoms with Crippen LogP contribution in [-0.2, 0) is 9.53 Å². The summed E-state index contributed by atoms with van der Waals surface area (Å²) in [7, 11) is 0. The molecular formula is C14H22N2O2. The molecule has 0 atom stereocenters. The lowest BCUT2D eigenvalue weighted by atomic mass is 9.85. The minimum atomic E-state index is -0.710. The Kier molecular flexibility index (Phi) is 4.23. The second kappa shape index (κ2) is 5.71. The van der Waals surface area contributed by atoms with Crippen LogP contribution < -0.4 is 0 Å². The summed E-state index contributed by atoms with van der Waals surface area (Å²) in [4.78, 5) is 14.4. The lowest BCUT2D eigenvalue weighted by Gasteiger charge is -2.35. The summed E-state index contributed by atoms with van der Waals surface area (Å²) in [5.41, 5.74) is -0.710. The third-order valence-corrected chi connectivity index (χ3v) is 4.21. The Labute approximate surface area is 109 Å². The second-order valence-electron chi connectivity index (χ2n) is 5.35. The van der Waals surface area contributed by atoms with E-state index in [9.17, 15) is 10.1 Å². The Balaban J connectivity index is 1.93. The van der Waals surface area contributed by atoms with E-state index in [-0.39, 0.29) is 5.91 Å². The molecule has 0 bridgehead atoms. The van der Waals surface area contributed by atoms with Crippen LogP contribution in [0.4, 0.5) is 0 Å². The summed E-state index contributed by atoms with van der Waals surface area (Å²) < 4.78 is 5.58. The number of ether oxygens (including phenoxy) is 1. The Morgan fingerprint density at radius 1 is 1.39 bits per heavy atom. The minimum absolute atomic E-state index is 0.0671. The molecule has 18 heavy (non-hydrogen) atoms. The molecule has 1 saturated carbocycles. The quantitative estimate of drug-likeness (QED) is 0.770. The van der Waals surface area contributed by atoms with Crippen molar-refractivity contribution in [3.05, 3.63) is 0 Å². The van der Waals surface area contributed by atoms with Crippen molar-refractivity contribution >= 4 is 5.91 Å². The van der Waals surface area contributed by atoms with E-state index in [0.29, 0.717) is 6.10 Å². The number of hydrogen-bond acceptors (Lipinski definition) is 3. The number of carbonyl (C=O) groups is 1. The first-order valence-electron chi connectivity index (χ1n) is 7.04. The zero-order valence-corrected chi connectivity index (χ0v) is 11.2. The van der Waals surface area contributed by atoms with Crippen molar-refractivity contribution in [2.24, 2.45) is 5.41 Å². The van der Waals surface area contributed by atoms with E-state index in [1.54, 1.807) is 0 Å². The average Bonchev–Trinajstić information content (AvgIpc) is 2.89. The molecule has 100 valence electrons. The van der Waals surface area contributed by atoms with Crippen LogP contribution >= 0.6 is 0 Å². The van der Waals surface area contributed by atoms with Gasteiger partial charge in [-0.15, -0.1) is 0 Å². The van der Waals surface area contributed by atoms with E-state index >= 15 is 0 Å². The van der Waals surface area contributed by atoms with Crippen molar-refractivity contribution in [1.82, 2.24) is 4.90 Å². The highest BCUT2D eigenvalue weighted by atomic mass is 16.5. The van der Waals surface area contributed by atoms with E-state index in [2.05, 4.69) is 6.07 Å². The first-order valence-corrected chi connectivity index (χ1v) is 7.04.